The molecule has 30 valence electrons. The van der Waals surface area contributed by atoms with Crippen LogP contribution in [-0.4, -0.2) is 17.9 Å². The molecule has 0 atom stereocenters. The van der Waals surface area contributed by atoms with Crippen molar-refractivity contribution in [2.24, 2.45) is 0 Å². The minimum absolute atomic E-state index is 0. The summed E-state index contributed by atoms with van der Waals surface area (Å²) in [4.78, 5) is 0. The summed E-state index contributed by atoms with van der Waals surface area (Å²) < 4.78 is 0. The Hall–Kier alpha value is 0.0218. The van der Waals surface area contributed by atoms with Crippen LogP contribution in [0.25, 0.3) is 0 Å². The second kappa shape index (κ2) is 8.98. The maximum Gasteiger partial charge on any atom is 0.0814 e. The molecule has 0 fully saturated rings. The van der Waals surface area contributed by atoms with Crippen LogP contribution >= 0.6 is 0 Å². The van der Waals surface area contributed by atoms with Crippen molar-refractivity contribution in [2.75, 3.05) is 0 Å². The Balaban J connectivity index is 0. The molecular formula is C3H11BSi. The van der Waals surface area contributed by atoms with Gasteiger partial charge in [-0.15, -0.1) is 12.3 Å². The molecular weight excluding hydrogens is 74.9 g/mol. The molecule has 0 spiro atoms. The first-order valence-corrected chi connectivity index (χ1v) is 3.75. The molecule has 0 rings (SSSR count). The third kappa shape index (κ3) is 15.7. The van der Waals surface area contributed by atoms with E-state index < -0.39 is 0 Å². The Morgan fingerprint density at radius 2 is 2.00 bits per heavy atom. The predicted molar refractivity (Wildman–Crippen MR) is 34.5 cm³/mol. The molecule has 0 amide bonds. The van der Waals surface area contributed by atoms with E-state index in [0.29, 0.717) is 0 Å². The zero-order chi connectivity index (χ0) is 3.41. The van der Waals surface area contributed by atoms with Gasteiger partial charge < -0.3 is 0 Å². The lowest BCUT2D eigenvalue weighted by atomic mass is 10.8. The van der Waals surface area contributed by atoms with Crippen molar-refractivity contribution in [3.05, 3.63) is 12.3 Å². The minimum atomic E-state index is 0. The second-order valence-corrected chi connectivity index (χ2v) is 2.09. The summed E-state index contributed by atoms with van der Waals surface area (Å²) in [6.45, 7) is 5.74. The van der Waals surface area contributed by atoms with Gasteiger partial charge in [-0.05, 0) is 0 Å². The third-order valence-corrected chi connectivity index (χ3v) is 0.866. The maximum absolute atomic E-state index is 3.54. The van der Waals surface area contributed by atoms with E-state index in [2.05, 4.69) is 13.1 Å². The predicted octanol–water partition coefficient (Wildman–Crippen LogP) is -0.837. The van der Waals surface area contributed by atoms with Crippen LogP contribution in [0.1, 0.15) is 0 Å². The van der Waals surface area contributed by atoms with Crippen LogP contribution in [0.3, 0.4) is 0 Å². The quantitative estimate of drug-likeness (QED) is 0.365. The van der Waals surface area contributed by atoms with Gasteiger partial charge in [-0.3, -0.25) is 0 Å². The van der Waals surface area contributed by atoms with E-state index in [1.54, 1.807) is 0 Å². The fourth-order valence-electron chi connectivity index (χ4n) is 0. The molecule has 5 heavy (non-hydrogen) atoms. The first-order chi connectivity index (χ1) is 1.91. The van der Waals surface area contributed by atoms with Gasteiger partial charge >= 0.3 is 0 Å². The zero-order valence-electron chi connectivity index (χ0n) is 2.99. The average molecular weight is 86.0 g/mol. The van der Waals surface area contributed by atoms with E-state index >= 15 is 0 Å². The van der Waals surface area contributed by atoms with Crippen molar-refractivity contribution >= 4 is 17.9 Å². The van der Waals surface area contributed by atoms with Crippen molar-refractivity contribution in [1.82, 2.24) is 0 Å². The highest BCUT2D eigenvalue weighted by molar-refractivity contribution is 6.39. The topological polar surface area (TPSA) is 0 Å². The van der Waals surface area contributed by atoms with Crippen molar-refractivity contribution in [1.29, 1.82) is 0 Å². The van der Waals surface area contributed by atoms with Crippen LogP contribution in [0, 0.1) is 0 Å². The molecule has 0 aliphatic rings. The first-order valence-electron chi connectivity index (χ1n) is 1.52. The highest BCUT2D eigenvalue weighted by Gasteiger charge is 1.48. The molecule has 0 unspecified atom stereocenters. The van der Waals surface area contributed by atoms with E-state index in [9.17, 15) is 0 Å². The number of rotatable bonds is 1. The monoisotopic (exact) mass is 86.1 g/mol. The summed E-state index contributed by atoms with van der Waals surface area (Å²) in [5.41, 5.74) is 2.01. The summed E-state index contributed by atoms with van der Waals surface area (Å²) in [5.74, 6) is 0. The van der Waals surface area contributed by atoms with Crippen LogP contribution in [-0.2, 0) is 0 Å². The fourth-order valence-corrected chi connectivity index (χ4v) is 0. The Morgan fingerprint density at radius 1 is 1.80 bits per heavy atom. The number of hydrogen-bond donors (Lipinski definition) is 0. The molecule has 0 aromatic heterocycles. The maximum atomic E-state index is 3.54. The lowest BCUT2D eigenvalue weighted by Crippen LogP contribution is -1.61. The van der Waals surface area contributed by atoms with Crippen molar-refractivity contribution in [3.8, 4) is 0 Å². The largest absolute Gasteiger partial charge is 0.109 e. The van der Waals surface area contributed by atoms with Gasteiger partial charge in [-0.1, -0.05) is 6.55 Å². The molecule has 0 heterocycles. The molecule has 0 aliphatic heterocycles. The molecule has 0 N–H and O–H groups in total. The summed E-state index contributed by atoms with van der Waals surface area (Å²) in [7, 11) is 0.188. The van der Waals surface area contributed by atoms with Crippen LogP contribution in [0.2, 0.25) is 6.55 Å². The van der Waals surface area contributed by atoms with Gasteiger partial charge in [0.25, 0.3) is 0 Å². The number of hydrogen-bond acceptors (Lipinski definition) is 0. The molecule has 0 aromatic carbocycles. The Morgan fingerprint density at radius 3 is 2.00 bits per heavy atom. The van der Waals surface area contributed by atoms with Gasteiger partial charge in [0.15, 0.2) is 0 Å². The molecule has 0 nitrogen and oxygen atoms in total. The highest BCUT2D eigenvalue weighted by atomic mass is 28.2. The highest BCUT2D eigenvalue weighted by Crippen LogP contribution is 1.48. The van der Waals surface area contributed by atoms with Gasteiger partial charge in [-0.2, -0.15) is 0 Å². The van der Waals surface area contributed by atoms with Gasteiger partial charge in [0.1, 0.15) is 0 Å². The smallest absolute Gasteiger partial charge is 0.0814 e. The van der Waals surface area contributed by atoms with E-state index in [-0.39, 0.29) is 17.9 Å². The molecule has 0 aliphatic carbocycles. The van der Waals surface area contributed by atoms with Crippen LogP contribution in [0.15, 0.2) is 12.3 Å². The van der Waals surface area contributed by atoms with Crippen LogP contribution in [0.5, 0.6) is 0 Å². The first kappa shape index (κ1) is 8.90. The van der Waals surface area contributed by atoms with E-state index in [1.807, 2.05) is 5.70 Å². The van der Waals surface area contributed by atoms with Gasteiger partial charge in [-0.25, -0.2) is 0 Å². The van der Waals surface area contributed by atoms with Crippen molar-refractivity contribution in [2.45, 2.75) is 6.55 Å². The van der Waals surface area contributed by atoms with E-state index in [1.165, 1.54) is 0 Å². The molecule has 0 saturated heterocycles. The molecule has 0 bridgehead atoms. The molecule has 2 heteroatoms. The normalized spacial score (nSPS) is 7.40. The Bertz CT molecular complexity index is 20.9. The standard InChI is InChI=1S/C3H8Si.BH3/c1-3-4-2;/h3H,1,4H2,2H3;1H3. The SMILES string of the molecule is B.C=C[SiH2]C. The van der Waals surface area contributed by atoms with E-state index in [0.717, 1.165) is 0 Å². The summed E-state index contributed by atoms with van der Waals surface area (Å²) in [6, 6.07) is 0. The van der Waals surface area contributed by atoms with Crippen LogP contribution < -0.4 is 0 Å². The molecule has 0 radical (unpaired) electrons. The van der Waals surface area contributed by atoms with Gasteiger partial charge in [0.05, 0.1) is 8.41 Å². The van der Waals surface area contributed by atoms with Crippen molar-refractivity contribution < 1.29 is 0 Å². The summed E-state index contributed by atoms with van der Waals surface area (Å²) in [6.07, 6.45) is 0. The lowest BCUT2D eigenvalue weighted by Gasteiger charge is -1.55. The Labute approximate surface area is 37.7 Å². The van der Waals surface area contributed by atoms with Gasteiger partial charge in [0.2, 0.25) is 0 Å². The minimum Gasteiger partial charge on any atom is -0.109 e. The zero-order valence-corrected chi connectivity index (χ0v) is 4.41. The third-order valence-electron chi connectivity index (χ3n) is 0.289. The summed E-state index contributed by atoms with van der Waals surface area (Å²) >= 11 is 0. The molecule has 0 saturated carbocycles. The molecule has 0 aromatic rings. The van der Waals surface area contributed by atoms with Gasteiger partial charge in [0, 0.05) is 9.52 Å². The fraction of sp³-hybridized carbons (Fsp3) is 0.333. The average Bonchev–Trinajstić information content (AvgIpc) is 1.37. The summed E-state index contributed by atoms with van der Waals surface area (Å²) in [5, 5.41) is 0. The van der Waals surface area contributed by atoms with Crippen molar-refractivity contribution in [3.63, 3.8) is 0 Å². The Kier molecular flexibility index (Phi) is 16.0. The second-order valence-electron chi connectivity index (χ2n) is 0.697. The van der Waals surface area contributed by atoms with Crippen LogP contribution in [0.4, 0.5) is 0 Å². The lowest BCUT2D eigenvalue weighted by molar-refractivity contribution is 2.26. The van der Waals surface area contributed by atoms with E-state index in [4.69, 9.17) is 0 Å².